The number of rotatable bonds is 3. The Morgan fingerprint density at radius 2 is 2.00 bits per heavy atom. The lowest BCUT2D eigenvalue weighted by molar-refractivity contribution is 0.476. The van der Waals surface area contributed by atoms with E-state index in [9.17, 15) is 5.11 Å². The molecule has 0 atom stereocenters. The van der Waals surface area contributed by atoms with Crippen molar-refractivity contribution in [3.63, 3.8) is 0 Å². The molecule has 0 saturated carbocycles. The van der Waals surface area contributed by atoms with Gasteiger partial charge in [-0.15, -0.1) is 6.42 Å². The van der Waals surface area contributed by atoms with Gasteiger partial charge in [0.25, 0.3) is 0 Å². The zero-order chi connectivity index (χ0) is 18.1. The fraction of sp³-hybridized carbons (Fsp3) is 0.0500. The lowest BCUT2D eigenvalue weighted by atomic mass is 10.1. The van der Waals surface area contributed by atoms with Crippen LogP contribution in [-0.2, 0) is 7.05 Å². The Hall–Kier alpha value is -3.85. The Morgan fingerprint density at radius 3 is 2.77 bits per heavy atom. The summed E-state index contributed by atoms with van der Waals surface area (Å²) in [5, 5.41) is 18.2. The summed E-state index contributed by atoms with van der Waals surface area (Å²) in [6.07, 6.45) is 10.8. The van der Waals surface area contributed by atoms with E-state index in [1.807, 2.05) is 37.5 Å². The zero-order valence-electron chi connectivity index (χ0n) is 14.0. The van der Waals surface area contributed by atoms with E-state index in [4.69, 9.17) is 6.42 Å². The minimum absolute atomic E-state index is 0.147. The van der Waals surface area contributed by atoms with Gasteiger partial charge in [0.15, 0.2) is 0 Å². The molecular formula is C20H15N5O. The van der Waals surface area contributed by atoms with Gasteiger partial charge in [0.1, 0.15) is 5.75 Å². The topological polar surface area (TPSA) is 75.9 Å². The Kier molecular flexibility index (Phi) is 3.75. The maximum atomic E-state index is 10.0. The highest BCUT2D eigenvalue weighted by molar-refractivity contribution is 5.81. The highest BCUT2D eigenvalue weighted by Crippen LogP contribution is 2.29. The quantitative estimate of drug-likeness (QED) is 0.558. The first-order valence-corrected chi connectivity index (χ1v) is 7.94. The third kappa shape index (κ3) is 3.06. The normalized spacial score (nSPS) is 10.6. The van der Waals surface area contributed by atoms with Crippen molar-refractivity contribution in [2.75, 3.05) is 5.32 Å². The van der Waals surface area contributed by atoms with Crippen LogP contribution >= 0.6 is 0 Å². The highest BCUT2D eigenvalue weighted by Gasteiger charge is 2.07. The van der Waals surface area contributed by atoms with Gasteiger partial charge in [-0.25, -0.2) is 9.97 Å². The number of hydrogen-bond donors (Lipinski definition) is 2. The molecular weight excluding hydrogens is 326 g/mol. The lowest BCUT2D eigenvalue weighted by Crippen LogP contribution is -1.97. The SMILES string of the molecule is C#Cc1ccc2nc(Nc3cc(O)cc(-c4cnn(C)c4)c3)ncc2c1. The second-order valence-electron chi connectivity index (χ2n) is 5.91. The first-order chi connectivity index (χ1) is 12.6. The van der Waals surface area contributed by atoms with Crippen molar-refractivity contribution in [1.29, 1.82) is 0 Å². The molecule has 2 heterocycles. The van der Waals surface area contributed by atoms with Crippen LogP contribution in [0.3, 0.4) is 0 Å². The van der Waals surface area contributed by atoms with Crippen LogP contribution < -0.4 is 5.32 Å². The minimum Gasteiger partial charge on any atom is -0.508 e. The van der Waals surface area contributed by atoms with Gasteiger partial charge in [0, 0.05) is 47.7 Å². The molecule has 0 aliphatic rings. The molecule has 0 bridgehead atoms. The molecule has 4 rings (SSSR count). The number of terminal acetylenes is 1. The Balaban J connectivity index is 1.67. The number of aromatic nitrogens is 4. The third-order valence-corrected chi connectivity index (χ3v) is 3.96. The molecule has 0 radical (unpaired) electrons. The first-order valence-electron chi connectivity index (χ1n) is 7.94. The molecule has 4 aromatic rings. The van der Waals surface area contributed by atoms with Crippen LogP contribution in [0.2, 0.25) is 0 Å². The van der Waals surface area contributed by atoms with Gasteiger partial charge in [0.2, 0.25) is 5.95 Å². The van der Waals surface area contributed by atoms with Crippen molar-refractivity contribution in [2.24, 2.45) is 7.05 Å². The molecule has 0 saturated heterocycles. The summed E-state index contributed by atoms with van der Waals surface area (Å²) < 4.78 is 1.71. The van der Waals surface area contributed by atoms with E-state index in [0.717, 1.165) is 27.6 Å². The Bertz CT molecular complexity index is 1160. The van der Waals surface area contributed by atoms with Gasteiger partial charge in [-0.3, -0.25) is 4.68 Å². The van der Waals surface area contributed by atoms with E-state index in [1.54, 1.807) is 29.2 Å². The summed E-state index contributed by atoms with van der Waals surface area (Å²) in [4.78, 5) is 8.82. The van der Waals surface area contributed by atoms with Crippen LogP contribution in [0.4, 0.5) is 11.6 Å². The standard InChI is InChI=1S/C20H15N5O/c1-3-13-4-5-19-15(6-13)10-21-20(24-19)23-17-7-14(8-18(26)9-17)16-11-22-25(2)12-16/h1,4-12,26H,2H3,(H,21,23,24). The molecule has 2 N–H and O–H groups in total. The van der Waals surface area contributed by atoms with Crippen LogP contribution in [0.1, 0.15) is 5.56 Å². The fourth-order valence-corrected chi connectivity index (χ4v) is 2.73. The molecule has 2 aromatic heterocycles. The summed E-state index contributed by atoms with van der Waals surface area (Å²) in [6, 6.07) is 10.8. The number of phenolic OH excluding ortho intramolecular Hbond substituents is 1. The molecule has 0 fully saturated rings. The Labute approximate surface area is 150 Å². The maximum Gasteiger partial charge on any atom is 0.227 e. The number of anilines is 2. The van der Waals surface area contributed by atoms with Gasteiger partial charge in [-0.05, 0) is 35.9 Å². The summed E-state index contributed by atoms with van der Waals surface area (Å²) in [7, 11) is 1.85. The second kappa shape index (κ2) is 6.22. The number of benzene rings is 2. The molecule has 0 unspecified atom stereocenters. The maximum absolute atomic E-state index is 10.0. The third-order valence-electron chi connectivity index (χ3n) is 3.96. The van der Waals surface area contributed by atoms with Crippen molar-refractivity contribution in [3.8, 4) is 29.2 Å². The molecule has 0 amide bonds. The number of nitrogens with zero attached hydrogens (tertiary/aromatic N) is 4. The number of aryl methyl sites for hydroxylation is 1. The number of hydrogen-bond acceptors (Lipinski definition) is 5. The summed E-state index contributed by atoms with van der Waals surface area (Å²) in [5.74, 6) is 3.18. The van der Waals surface area contributed by atoms with Crippen LogP contribution in [-0.4, -0.2) is 24.9 Å². The highest BCUT2D eigenvalue weighted by atomic mass is 16.3. The van der Waals surface area contributed by atoms with Crippen molar-refractivity contribution >= 4 is 22.5 Å². The summed E-state index contributed by atoms with van der Waals surface area (Å²) >= 11 is 0. The number of phenols is 1. The molecule has 6 nitrogen and oxygen atoms in total. The monoisotopic (exact) mass is 341 g/mol. The van der Waals surface area contributed by atoms with Gasteiger partial charge >= 0.3 is 0 Å². The van der Waals surface area contributed by atoms with Crippen molar-refractivity contribution < 1.29 is 5.11 Å². The number of aromatic hydroxyl groups is 1. The van der Waals surface area contributed by atoms with E-state index in [1.165, 1.54) is 0 Å². The molecule has 0 aliphatic carbocycles. The van der Waals surface area contributed by atoms with E-state index in [2.05, 4.69) is 26.3 Å². The van der Waals surface area contributed by atoms with E-state index >= 15 is 0 Å². The minimum atomic E-state index is 0.147. The number of fused-ring (bicyclic) bond motifs is 1. The molecule has 6 heteroatoms. The Morgan fingerprint density at radius 1 is 1.12 bits per heavy atom. The van der Waals surface area contributed by atoms with Crippen LogP contribution in [0.15, 0.2) is 55.0 Å². The van der Waals surface area contributed by atoms with Gasteiger partial charge in [-0.1, -0.05) is 5.92 Å². The number of nitrogens with one attached hydrogen (secondary N) is 1. The van der Waals surface area contributed by atoms with Crippen LogP contribution in [0.25, 0.3) is 22.0 Å². The molecule has 0 spiro atoms. The largest absolute Gasteiger partial charge is 0.508 e. The van der Waals surface area contributed by atoms with Crippen molar-refractivity contribution in [3.05, 3.63) is 60.6 Å². The predicted octanol–water partition coefficient (Wildman–Crippen LogP) is 3.46. The zero-order valence-corrected chi connectivity index (χ0v) is 14.0. The van der Waals surface area contributed by atoms with Crippen molar-refractivity contribution in [1.82, 2.24) is 19.7 Å². The summed E-state index contributed by atoms with van der Waals surface area (Å²) in [5.41, 5.74) is 4.02. The summed E-state index contributed by atoms with van der Waals surface area (Å²) in [6.45, 7) is 0. The van der Waals surface area contributed by atoms with E-state index in [-0.39, 0.29) is 5.75 Å². The van der Waals surface area contributed by atoms with Gasteiger partial charge in [0.05, 0.1) is 11.7 Å². The first kappa shape index (κ1) is 15.7. The lowest BCUT2D eigenvalue weighted by Gasteiger charge is -2.08. The average Bonchev–Trinajstić information content (AvgIpc) is 3.07. The van der Waals surface area contributed by atoms with Crippen LogP contribution in [0, 0.1) is 12.3 Å². The van der Waals surface area contributed by atoms with E-state index in [0.29, 0.717) is 11.6 Å². The van der Waals surface area contributed by atoms with Gasteiger partial charge < -0.3 is 10.4 Å². The van der Waals surface area contributed by atoms with Gasteiger partial charge in [-0.2, -0.15) is 5.10 Å². The smallest absolute Gasteiger partial charge is 0.227 e. The molecule has 2 aromatic carbocycles. The van der Waals surface area contributed by atoms with E-state index < -0.39 is 0 Å². The average molecular weight is 341 g/mol. The molecule has 126 valence electrons. The molecule has 0 aliphatic heterocycles. The fourth-order valence-electron chi connectivity index (χ4n) is 2.73. The second-order valence-corrected chi connectivity index (χ2v) is 5.91. The predicted molar refractivity (Wildman–Crippen MR) is 101 cm³/mol. The van der Waals surface area contributed by atoms with Crippen molar-refractivity contribution in [2.45, 2.75) is 0 Å². The van der Waals surface area contributed by atoms with Crippen LogP contribution in [0.5, 0.6) is 5.75 Å². The molecule has 26 heavy (non-hydrogen) atoms.